The third kappa shape index (κ3) is 1.96. The number of fused-ring (bicyclic) bond motifs is 1. The first-order chi connectivity index (χ1) is 9.56. The Balaban J connectivity index is 2.22. The molecule has 20 heavy (non-hydrogen) atoms. The second kappa shape index (κ2) is 4.50. The number of carboxylic acids is 1. The van der Waals surface area contributed by atoms with Gasteiger partial charge in [0.25, 0.3) is 0 Å². The molecule has 0 fully saturated rings. The highest BCUT2D eigenvalue weighted by molar-refractivity contribution is 6.34. The molecule has 0 spiro atoms. The molecule has 0 aliphatic heterocycles. The van der Waals surface area contributed by atoms with Gasteiger partial charge in [-0.15, -0.1) is 15.0 Å². The molecule has 2 aromatic carbocycles. The van der Waals surface area contributed by atoms with Crippen LogP contribution in [0.5, 0.6) is 5.75 Å². The van der Waals surface area contributed by atoms with Crippen molar-refractivity contribution in [1.29, 1.82) is 0 Å². The van der Waals surface area contributed by atoms with Gasteiger partial charge in [0.15, 0.2) is 0 Å². The number of phenolic OH excluding ortho intramolecular Hbond substituents is 1. The zero-order valence-corrected chi connectivity index (χ0v) is 10.7. The van der Waals surface area contributed by atoms with Crippen LogP contribution in [0.25, 0.3) is 16.7 Å². The molecule has 2 N–H and O–H groups in total. The van der Waals surface area contributed by atoms with E-state index in [2.05, 4.69) is 10.2 Å². The Kier molecular flexibility index (Phi) is 2.80. The SMILES string of the molecule is O=C(O)c1ccc(O)c(-n2nc3cccc(Cl)c3n2)c1. The molecule has 0 radical (unpaired) electrons. The number of benzene rings is 2. The van der Waals surface area contributed by atoms with Crippen molar-refractivity contribution in [3.8, 4) is 11.4 Å². The summed E-state index contributed by atoms with van der Waals surface area (Å²) in [6.07, 6.45) is 0. The number of rotatable bonds is 2. The Morgan fingerprint density at radius 1 is 1.20 bits per heavy atom. The second-order valence-electron chi connectivity index (χ2n) is 4.11. The number of aromatic carboxylic acids is 1. The first-order valence-corrected chi connectivity index (χ1v) is 6.02. The van der Waals surface area contributed by atoms with Gasteiger partial charge in [-0.3, -0.25) is 0 Å². The van der Waals surface area contributed by atoms with Crippen LogP contribution in [-0.2, 0) is 0 Å². The predicted octanol–water partition coefficient (Wildman–Crippen LogP) is 2.48. The van der Waals surface area contributed by atoms with Crippen LogP contribution in [0.4, 0.5) is 0 Å². The summed E-state index contributed by atoms with van der Waals surface area (Å²) in [5, 5.41) is 27.6. The first-order valence-electron chi connectivity index (χ1n) is 5.64. The Labute approximate surface area is 117 Å². The normalized spacial score (nSPS) is 10.8. The molecule has 0 bridgehead atoms. The molecule has 0 saturated carbocycles. The summed E-state index contributed by atoms with van der Waals surface area (Å²) in [5.41, 5.74) is 1.24. The maximum atomic E-state index is 11.0. The van der Waals surface area contributed by atoms with E-state index in [0.717, 1.165) is 0 Å². The molecule has 6 nitrogen and oxygen atoms in total. The fourth-order valence-corrected chi connectivity index (χ4v) is 2.03. The number of nitrogens with zero attached hydrogens (tertiary/aromatic N) is 3. The van der Waals surface area contributed by atoms with Gasteiger partial charge in [0.1, 0.15) is 22.5 Å². The highest BCUT2D eigenvalue weighted by Crippen LogP contribution is 2.25. The fraction of sp³-hybridized carbons (Fsp3) is 0. The highest BCUT2D eigenvalue weighted by atomic mass is 35.5. The van der Waals surface area contributed by atoms with Crippen molar-refractivity contribution in [2.24, 2.45) is 0 Å². The van der Waals surface area contributed by atoms with Crippen molar-refractivity contribution in [2.45, 2.75) is 0 Å². The van der Waals surface area contributed by atoms with Crippen LogP contribution in [0, 0.1) is 0 Å². The van der Waals surface area contributed by atoms with E-state index in [1.165, 1.54) is 23.0 Å². The van der Waals surface area contributed by atoms with Crippen LogP contribution in [0.3, 0.4) is 0 Å². The van der Waals surface area contributed by atoms with E-state index in [1.807, 2.05) is 0 Å². The molecule has 0 aliphatic carbocycles. The Morgan fingerprint density at radius 2 is 2.00 bits per heavy atom. The van der Waals surface area contributed by atoms with Crippen molar-refractivity contribution in [1.82, 2.24) is 15.0 Å². The van der Waals surface area contributed by atoms with Crippen LogP contribution >= 0.6 is 11.6 Å². The summed E-state index contributed by atoms with van der Waals surface area (Å²) < 4.78 is 0. The largest absolute Gasteiger partial charge is 0.506 e. The van der Waals surface area contributed by atoms with Crippen LogP contribution < -0.4 is 0 Å². The van der Waals surface area contributed by atoms with E-state index in [4.69, 9.17) is 16.7 Å². The molecule has 0 unspecified atom stereocenters. The molecule has 0 atom stereocenters. The molecule has 3 aromatic rings. The third-order valence-electron chi connectivity index (χ3n) is 2.80. The number of hydrogen-bond donors (Lipinski definition) is 2. The van der Waals surface area contributed by atoms with Gasteiger partial charge >= 0.3 is 5.97 Å². The minimum Gasteiger partial charge on any atom is -0.506 e. The lowest BCUT2D eigenvalue weighted by atomic mass is 10.2. The van der Waals surface area contributed by atoms with Crippen LogP contribution in [0.2, 0.25) is 5.02 Å². The third-order valence-corrected chi connectivity index (χ3v) is 3.11. The molecule has 0 saturated heterocycles. The van der Waals surface area contributed by atoms with E-state index >= 15 is 0 Å². The Bertz CT molecular complexity index is 829. The summed E-state index contributed by atoms with van der Waals surface area (Å²) >= 11 is 6.01. The molecule has 1 heterocycles. The maximum Gasteiger partial charge on any atom is 0.335 e. The van der Waals surface area contributed by atoms with Gasteiger partial charge in [0, 0.05) is 0 Å². The number of halogens is 1. The lowest BCUT2D eigenvalue weighted by Gasteiger charge is -2.03. The number of phenols is 1. The van der Waals surface area contributed by atoms with Crippen molar-refractivity contribution in [3.05, 3.63) is 47.0 Å². The summed E-state index contributed by atoms with van der Waals surface area (Å²) in [6, 6.07) is 9.02. The average Bonchev–Trinajstić information content (AvgIpc) is 2.84. The van der Waals surface area contributed by atoms with Gasteiger partial charge in [0.2, 0.25) is 0 Å². The summed E-state index contributed by atoms with van der Waals surface area (Å²) in [7, 11) is 0. The Hall–Kier alpha value is -2.60. The quantitative estimate of drug-likeness (QED) is 0.756. The number of carbonyl (C=O) groups is 1. The molecular formula is C13H8ClN3O3. The molecular weight excluding hydrogens is 282 g/mol. The second-order valence-corrected chi connectivity index (χ2v) is 4.51. The molecule has 0 amide bonds. The zero-order valence-electron chi connectivity index (χ0n) is 9.99. The molecule has 100 valence electrons. The van der Waals surface area contributed by atoms with Crippen LogP contribution in [-0.4, -0.2) is 31.2 Å². The van der Waals surface area contributed by atoms with Crippen molar-refractivity contribution in [3.63, 3.8) is 0 Å². The minimum absolute atomic E-state index is 0.0326. The lowest BCUT2D eigenvalue weighted by molar-refractivity contribution is 0.0697. The first kappa shape index (κ1) is 12.4. The summed E-state index contributed by atoms with van der Waals surface area (Å²) in [4.78, 5) is 12.1. The van der Waals surface area contributed by atoms with Crippen LogP contribution in [0.15, 0.2) is 36.4 Å². The molecule has 7 heteroatoms. The van der Waals surface area contributed by atoms with Crippen molar-refractivity contribution in [2.75, 3.05) is 0 Å². The van der Waals surface area contributed by atoms with E-state index in [0.29, 0.717) is 16.1 Å². The lowest BCUT2D eigenvalue weighted by Crippen LogP contribution is -2.03. The van der Waals surface area contributed by atoms with Crippen LogP contribution in [0.1, 0.15) is 10.4 Å². The smallest absolute Gasteiger partial charge is 0.335 e. The predicted molar refractivity (Wildman–Crippen MR) is 72.5 cm³/mol. The monoisotopic (exact) mass is 289 g/mol. The number of aromatic nitrogens is 3. The van der Waals surface area contributed by atoms with E-state index in [1.54, 1.807) is 18.2 Å². The van der Waals surface area contributed by atoms with Crippen molar-refractivity contribution < 1.29 is 15.0 Å². The molecule has 3 rings (SSSR count). The van der Waals surface area contributed by atoms with E-state index in [-0.39, 0.29) is 17.0 Å². The number of carboxylic acid groups (broad SMARTS) is 1. The Morgan fingerprint density at radius 3 is 2.70 bits per heavy atom. The van der Waals surface area contributed by atoms with Crippen molar-refractivity contribution >= 4 is 28.6 Å². The van der Waals surface area contributed by atoms with Gasteiger partial charge in [0.05, 0.1) is 10.6 Å². The maximum absolute atomic E-state index is 11.0. The molecule has 1 aromatic heterocycles. The zero-order chi connectivity index (χ0) is 14.3. The summed E-state index contributed by atoms with van der Waals surface area (Å²) in [5.74, 6) is -1.22. The van der Waals surface area contributed by atoms with Gasteiger partial charge in [-0.05, 0) is 30.3 Å². The van der Waals surface area contributed by atoms with Gasteiger partial charge in [-0.2, -0.15) is 0 Å². The number of hydrogen-bond acceptors (Lipinski definition) is 4. The average molecular weight is 290 g/mol. The standard InChI is InChI=1S/C13H8ClN3O3/c14-8-2-1-3-9-12(8)16-17(15-9)10-6-7(13(19)20)4-5-11(10)18/h1-6,18H,(H,19,20). The molecule has 0 aliphatic rings. The van der Waals surface area contributed by atoms with E-state index < -0.39 is 5.97 Å². The summed E-state index contributed by atoms with van der Waals surface area (Å²) in [6.45, 7) is 0. The fourth-order valence-electron chi connectivity index (χ4n) is 1.83. The minimum atomic E-state index is -1.10. The highest BCUT2D eigenvalue weighted by Gasteiger charge is 2.13. The van der Waals surface area contributed by atoms with Gasteiger partial charge < -0.3 is 10.2 Å². The number of aromatic hydroxyl groups is 1. The van der Waals surface area contributed by atoms with E-state index in [9.17, 15) is 9.90 Å². The van der Waals surface area contributed by atoms with Gasteiger partial charge in [-0.1, -0.05) is 17.7 Å². The van der Waals surface area contributed by atoms with Gasteiger partial charge in [-0.25, -0.2) is 4.79 Å². The topological polar surface area (TPSA) is 88.2 Å².